The minimum Gasteiger partial charge on any atom is -0.342 e. The fraction of sp³-hybridized carbons (Fsp3) is 0.562. The smallest absolute Gasteiger partial charge is 0.222 e. The van der Waals surface area contributed by atoms with E-state index < -0.39 is 0 Å². The molecule has 1 fully saturated rings. The van der Waals surface area contributed by atoms with Gasteiger partial charge in [-0.1, -0.05) is 24.3 Å². The average Bonchev–Trinajstić information content (AvgIpc) is 2.46. The van der Waals surface area contributed by atoms with Crippen LogP contribution in [0, 0.1) is 12.8 Å². The van der Waals surface area contributed by atoms with Crippen LogP contribution in [0.3, 0.4) is 0 Å². The highest BCUT2D eigenvalue weighted by Crippen LogP contribution is 2.17. The predicted octanol–water partition coefficient (Wildman–Crippen LogP) is 2.55. The van der Waals surface area contributed by atoms with Crippen LogP contribution in [-0.2, 0) is 11.2 Å². The van der Waals surface area contributed by atoms with Crippen molar-refractivity contribution in [1.29, 1.82) is 0 Å². The van der Waals surface area contributed by atoms with Crippen molar-refractivity contribution in [1.82, 2.24) is 4.90 Å². The number of carbonyl (C=O) groups excluding carboxylic acids is 1. The van der Waals surface area contributed by atoms with E-state index in [1.165, 1.54) is 11.1 Å². The van der Waals surface area contributed by atoms with Crippen molar-refractivity contribution >= 4 is 18.3 Å². The molecule has 1 heterocycles. The van der Waals surface area contributed by atoms with Gasteiger partial charge in [0.25, 0.3) is 0 Å². The molecule has 0 aromatic heterocycles. The number of nitrogens with zero attached hydrogens (tertiary/aromatic N) is 1. The fourth-order valence-electron chi connectivity index (χ4n) is 2.77. The van der Waals surface area contributed by atoms with Crippen molar-refractivity contribution in [3.05, 3.63) is 35.4 Å². The Morgan fingerprint density at radius 1 is 1.40 bits per heavy atom. The number of rotatable bonds is 4. The first kappa shape index (κ1) is 17.0. The Kier molecular flexibility index (Phi) is 7.03. The largest absolute Gasteiger partial charge is 0.342 e. The molecule has 3 nitrogen and oxygen atoms in total. The van der Waals surface area contributed by atoms with Crippen molar-refractivity contribution in [3.8, 4) is 0 Å². The number of halogens is 1. The third kappa shape index (κ3) is 4.50. The molecule has 1 amide bonds. The Morgan fingerprint density at radius 3 is 2.85 bits per heavy atom. The summed E-state index contributed by atoms with van der Waals surface area (Å²) in [4.78, 5) is 14.2. The van der Waals surface area contributed by atoms with E-state index in [0.717, 1.165) is 32.4 Å². The quantitative estimate of drug-likeness (QED) is 0.928. The van der Waals surface area contributed by atoms with Gasteiger partial charge in [0, 0.05) is 19.5 Å². The lowest BCUT2D eigenvalue weighted by Gasteiger charge is -2.32. The summed E-state index contributed by atoms with van der Waals surface area (Å²) in [5, 5.41) is 0. The number of amides is 1. The molecule has 0 saturated carbocycles. The molecule has 112 valence electrons. The predicted molar refractivity (Wildman–Crippen MR) is 85.1 cm³/mol. The summed E-state index contributed by atoms with van der Waals surface area (Å²) in [6.07, 6.45) is 3.72. The van der Waals surface area contributed by atoms with E-state index in [0.29, 0.717) is 18.9 Å². The Morgan fingerprint density at radius 2 is 2.15 bits per heavy atom. The second-order valence-electron chi connectivity index (χ2n) is 5.51. The van der Waals surface area contributed by atoms with E-state index in [1.807, 2.05) is 17.0 Å². The monoisotopic (exact) mass is 296 g/mol. The van der Waals surface area contributed by atoms with E-state index >= 15 is 0 Å². The highest BCUT2D eigenvalue weighted by Gasteiger charge is 2.22. The molecule has 2 N–H and O–H groups in total. The molecule has 0 aliphatic carbocycles. The van der Waals surface area contributed by atoms with Gasteiger partial charge in [-0.05, 0) is 49.8 Å². The van der Waals surface area contributed by atoms with Crippen LogP contribution in [0.25, 0.3) is 0 Å². The Labute approximate surface area is 127 Å². The lowest BCUT2D eigenvalue weighted by molar-refractivity contribution is -0.132. The van der Waals surface area contributed by atoms with Gasteiger partial charge in [0.2, 0.25) is 5.91 Å². The summed E-state index contributed by atoms with van der Waals surface area (Å²) < 4.78 is 0. The Bertz CT molecular complexity index is 436. The number of hydrogen-bond acceptors (Lipinski definition) is 2. The van der Waals surface area contributed by atoms with Crippen molar-refractivity contribution in [2.24, 2.45) is 11.7 Å². The molecule has 2 rings (SSSR count). The standard InChI is InChI=1S/C16H24N2O.ClH/c1-13-5-2-3-7-15(13)8-9-16(19)18-10-4-6-14(11-17)12-18;/h2-3,5,7,14H,4,6,8-12,17H2,1H3;1H. The van der Waals surface area contributed by atoms with E-state index in [4.69, 9.17) is 5.73 Å². The summed E-state index contributed by atoms with van der Waals surface area (Å²) in [5.74, 6) is 0.776. The maximum absolute atomic E-state index is 12.2. The molecule has 4 heteroatoms. The summed E-state index contributed by atoms with van der Waals surface area (Å²) in [5.41, 5.74) is 8.27. The number of aryl methyl sites for hydroxylation is 2. The Hall–Kier alpha value is -1.06. The SMILES string of the molecule is Cc1ccccc1CCC(=O)N1CCCC(CN)C1.Cl. The number of benzene rings is 1. The van der Waals surface area contributed by atoms with Gasteiger partial charge < -0.3 is 10.6 Å². The van der Waals surface area contributed by atoms with E-state index in [1.54, 1.807) is 0 Å². The minimum absolute atomic E-state index is 0. The number of piperidine rings is 1. The fourth-order valence-corrected chi connectivity index (χ4v) is 2.77. The zero-order chi connectivity index (χ0) is 13.7. The third-order valence-electron chi connectivity index (χ3n) is 4.07. The molecule has 0 spiro atoms. The van der Waals surface area contributed by atoms with Gasteiger partial charge in [-0.15, -0.1) is 12.4 Å². The molecule has 0 radical (unpaired) electrons. The number of nitrogens with two attached hydrogens (primary N) is 1. The van der Waals surface area contributed by atoms with Crippen LogP contribution in [0.2, 0.25) is 0 Å². The van der Waals surface area contributed by atoms with E-state index in [9.17, 15) is 4.79 Å². The first-order valence-corrected chi connectivity index (χ1v) is 7.23. The Balaban J connectivity index is 0.00000200. The van der Waals surface area contributed by atoms with Crippen LogP contribution >= 0.6 is 12.4 Å². The van der Waals surface area contributed by atoms with Gasteiger partial charge in [-0.2, -0.15) is 0 Å². The lowest BCUT2D eigenvalue weighted by Crippen LogP contribution is -2.42. The van der Waals surface area contributed by atoms with Crippen molar-refractivity contribution in [2.75, 3.05) is 19.6 Å². The minimum atomic E-state index is 0. The van der Waals surface area contributed by atoms with Crippen molar-refractivity contribution in [2.45, 2.75) is 32.6 Å². The van der Waals surface area contributed by atoms with Crippen molar-refractivity contribution in [3.63, 3.8) is 0 Å². The third-order valence-corrected chi connectivity index (χ3v) is 4.07. The highest BCUT2D eigenvalue weighted by atomic mass is 35.5. The van der Waals surface area contributed by atoms with E-state index in [2.05, 4.69) is 19.1 Å². The first-order chi connectivity index (χ1) is 9.20. The summed E-state index contributed by atoms with van der Waals surface area (Å²) in [7, 11) is 0. The maximum atomic E-state index is 12.2. The molecule has 1 aromatic carbocycles. The van der Waals surface area contributed by atoms with Gasteiger partial charge in [-0.3, -0.25) is 4.79 Å². The topological polar surface area (TPSA) is 46.3 Å². The maximum Gasteiger partial charge on any atom is 0.222 e. The molecule has 1 aliphatic rings. The van der Waals surface area contributed by atoms with Crippen molar-refractivity contribution < 1.29 is 4.79 Å². The second kappa shape index (κ2) is 8.28. The number of hydrogen-bond donors (Lipinski definition) is 1. The lowest BCUT2D eigenvalue weighted by atomic mass is 9.97. The van der Waals surface area contributed by atoms with Gasteiger partial charge >= 0.3 is 0 Å². The number of likely N-dealkylation sites (tertiary alicyclic amines) is 1. The molecular formula is C16H25ClN2O. The van der Waals surface area contributed by atoms with Gasteiger partial charge in [0.1, 0.15) is 0 Å². The molecule has 1 saturated heterocycles. The highest BCUT2D eigenvalue weighted by molar-refractivity contribution is 5.85. The first-order valence-electron chi connectivity index (χ1n) is 7.23. The van der Waals surface area contributed by atoms with E-state index in [-0.39, 0.29) is 18.3 Å². The van der Waals surface area contributed by atoms with Gasteiger partial charge in [0.15, 0.2) is 0 Å². The molecule has 1 aromatic rings. The second-order valence-corrected chi connectivity index (χ2v) is 5.51. The van der Waals surface area contributed by atoms with Crippen LogP contribution < -0.4 is 5.73 Å². The molecule has 0 bridgehead atoms. The van der Waals surface area contributed by atoms with Crippen LogP contribution in [0.5, 0.6) is 0 Å². The summed E-state index contributed by atoms with van der Waals surface area (Å²) in [6, 6.07) is 8.29. The number of carbonyl (C=O) groups is 1. The molecule has 1 unspecified atom stereocenters. The molecule has 1 atom stereocenters. The van der Waals surface area contributed by atoms with Gasteiger partial charge in [-0.25, -0.2) is 0 Å². The zero-order valence-corrected chi connectivity index (χ0v) is 13.0. The van der Waals surface area contributed by atoms with Crippen LogP contribution in [-0.4, -0.2) is 30.4 Å². The summed E-state index contributed by atoms with van der Waals surface area (Å²) in [6.45, 7) is 4.55. The van der Waals surface area contributed by atoms with Gasteiger partial charge in [0.05, 0.1) is 0 Å². The normalized spacial score (nSPS) is 18.5. The molecule has 20 heavy (non-hydrogen) atoms. The summed E-state index contributed by atoms with van der Waals surface area (Å²) >= 11 is 0. The average molecular weight is 297 g/mol. The van der Waals surface area contributed by atoms with Crippen LogP contribution in [0.4, 0.5) is 0 Å². The van der Waals surface area contributed by atoms with Crippen LogP contribution in [0.15, 0.2) is 24.3 Å². The van der Waals surface area contributed by atoms with Crippen LogP contribution in [0.1, 0.15) is 30.4 Å². The molecular weight excluding hydrogens is 272 g/mol. The molecule has 1 aliphatic heterocycles. The zero-order valence-electron chi connectivity index (χ0n) is 12.2.